The number of hydrogen-bond donors (Lipinski definition) is 1. The minimum Gasteiger partial charge on any atom is -0.298 e. The zero-order valence-electron chi connectivity index (χ0n) is 14.2. The molecule has 24 heavy (non-hydrogen) atoms. The Bertz CT molecular complexity index is 814. The van der Waals surface area contributed by atoms with E-state index in [2.05, 4.69) is 16.5 Å². The quantitative estimate of drug-likeness (QED) is 0.868. The number of nitrogens with zero attached hydrogens (tertiary/aromatic N) is 1. The first kappa shape index (κ1) is 17.0. The lowest BCUT2D eigenvalue weighted by atomic mass is 10.1. The van der Waals surface area contributed by atoms with Gasteiger partial charge in [0.05, 0.1) is 4.90 Å². The van der Waals surface area contributed by atoms with E-state index in [1.54, 1.807) is 12.1 Å². The van der Waals surface area contributed by atoms with E-state index < -0.39 is 10.0 Å². The summed E-state index contributed by atoms with van der Waals surface area (Å²) in [6, 6.07) is 13.1. The molecule has 2 aromatic carbocycles. The maximum Gasteiger partial charge on any atom is 0.261 e. The number of rotatable bonds is 6. The molecule has 0 bridgehead atoms. The number of fused-ring (bicyclic) bond motifs is 1. The van der Waals surface area contributed by atoms with Crippen LogP contribution in [-0.2, 0) is 29.5 Å². The van der Waals surface area contributed by atoms with Gasteiger partial charge in [0.25, 0.3) is 10.0 Å². The number of sulfonamides is 1. The van der Waals surface area contributed by atoms with Gasteiger partial charge in [0, 0.05) is 18.8 Å². The second kappa shape index (κ2) is 6.95. The highest BCUT2D eigenvalue weighted by Gasteiger charge is 2.20. The van der Waals surface area contributed by atoms with Crippen LogP contribution < -0.4 is 4.72 Å². The van der Waals surface area contributed by atoms with Gasteiger partial charge in [0.15, 0.2) is 0 Å². The molecule has 5 heteroatoms. The SMILES string of the molecule is CCCCc1ccc(NS(=O)(=O)c2ccc3c(c2)CN(C)C3)cc1. The van der Waals surface area contributed by atoms with E-state index >= 15 is 0 Å². The molecule has 0 saturated heterocycles. The number of aryl methyl sites for hydroxylation is 1. The lowest BCUT2D eigenvalue weighted by Gasteiger charge is -2.10. The molecule has 1 aliphatic heterocycles. The predicted octanol–water partition coefficient (Wildman–Crippen LogP) is 3.78. The molecule has 0 unspecified atom stereocenters. The number of unbranched alkanes of at least 4 members (excludes halogenated alkanes) is 1. The van der Waals surface area contributed by atoms with Gasteiger partial charge >= 0.3 is 0 Å². The van der Waals surface area contributed by atoms with Crippen LogP contribution in [0.5, 0.6) is 0 Å². The predicted molar refractivity (Wildman–Crippen MR) is 97.5 cm³/mol. The highest BCUT2D eigenvalue weighted by Crippen LogP contribution is 2.25. The third-order valence-corrected chi connectivity index (χ3v) is 5.77. The molecular weight excluding hydrogens is 320 g/mol. The van der Waals surface area contributed by atoms with Gasteiger partial charge in [0.2, 0.25) is 0 Å². The molecule has 1 N–H and O–H groups in total. The lowest BCUT2D eigenvalue weighted by Crippen LogP contribution is -2.13. The molecule has 128 valence electrons. The third kappa shape index (κ3) is 3.79. The summed E-state index contributed by atoms with van der Waals surface area (Å²) in [4.78, 5) is 2.50. The van der Waals surface area contributed by atoms with E-state index in [9.17, 15) is 8.42 Å². The summed E-state index contributed by atoms with van der Waals surface area (Å²) in [5, 5.41) is 0. The normalized spacial score (nSPS) is 14.6. The molecule has 0 amide bonds. The number of nitrogens with one attached hydrogen (secondary N) is 1. The molecule has 0 saturated carbocycles. The summed E-state index contributed by atoms with van der Waals surface area (Å²) in [5.41, 5.74) is 4.14. The Hall–Kier alpha value is -1.85. The van der Waals surface area contributed by atoms with Crippen molar-refractivity contribution < 1.29 is 8.42 Å². The van der Waals surface area contributed by atoms with E-state index in [1.165, 1.54) is 11.1 Å². The van der Waals surface area contributed by atoms with Crippen molar-refractivity contribution in [3.8, 4) is 0 Å². The van der Waals surface area contributed by atoms with Gasteiger partial charge in [-0.1, -0.05) is 31.5 Å². The van der Waals surface area contributed by atoms with Crippen LogP contribution in [0.1, 0.15) is 36.5 Å². The molecule has 2 aromatic rings. The van der Waals surface area contributed by atoms with Crippen LogP contribution >= 0.6 is 0 Å². The molecule has 0 aliphatic carbocycles. The summed E-state index contributed by atoms with van der Waals surface area (Å²) in [6.07, 6.45) is 3.33. The summed E-state index contributed by atoms with van der Waals surface area (Å²) in [5.74, 6) is 0. The molecule has 1 aliphatic rings. The van der Waals surface area contributed by atoms with E-state index in [0.29, 0.717) is 10.6 Å². The fraction of sp³-hybridized carbons (Fsp3) is 0.368. The lowest BCUT2D eigenvalue weighted by molar-refractivity contribution is 0.353. The van der Waals surface area contributed by atoms with E-state index in [0.717, 1.165) is 37.9 Å². The Balaban J connectivity index is 1.75. The molecule has 0 atom stereocenters. The monoisotopic (exact) mass is 344 g/mol. The summed E-state index contributed by atoms with van der Waals surface area (Å²) >= 11 is 0. The summed E-state index contributed by atoms with van der Waals surface area (Å²) < 4.78 is 27.9. The van der Waals surface area contributed by atoms with Crippen LogP contribution in [0.3, 0.4) is 0 Å². The fourth-order valence-corrected chi connectivity index (χ4v) is 4.15. The van der Waals surface area contributed by atoms with Crippen molar-refractivity contribution in [1.82, 2.24) is 4.90 Å². The molecule has 0 fully saturated rings. The van der Waals surface area contributed by atoms with Crippen LogP contribution in [0.4, 0.5) is 5.69 Å². The van der Waals surface area contributed by atoms with Crippen molar-refractivity contribution in [3.05, 3.63) is 59.2 Å². The Morgan fingerprint density at radius 2 is 1.75 bits per heavy atom. The zero-order valence-corrected chi connectivity index (χ0v) is 15.1. The fourth-order valence-electron chi connectivity index (χ4n) is 3.04. The molecule has 0 aromatic heterocycles. The average Bonchev–Trinajstić information content (AvgIpc) is 2.93. The van der Waals surface area contributed by atoms with E-state index in [1.807, 2.05) is 37.4 Å². The van der Waals surface area contributed by atoms with Gasteiger partial charge in [0.1, 0.15) is 0 Å². The number of anilines is 1. The minimum atomic E-state index is -3.55. The second-order valence-electron chi connectivity index (χ2n) is 6.51. The summed E-state index contributed by atoms with van der Waals surface area (Å²) in [7, 11) is -1.52. The standard InChI is InChI=1S/C19H24N2O2S/c1-3-4-5-15-6-9-18(10-7-15)20-24(22,23)19-11-8-16-13-21(2)14-17(16)12-19/h6-12,20H,3-5,13-14H2,1-2H3. The van der Waals surface area contributed by atoms with Crippen LogP contribution in [0.25, 0.3) is 0 Å². The van der Waals surface area contributed by atoms with Gasteiger partial charge < -0.3 is 0 Å². The van der Waals surface area contributed by atoms with Crippen molar-refractivity contribution in [2.45, 2.75) is 44.2 Å². The highest BCUT2D eigenvalue weighted by molar-refractivity contribution is 7.92. The van der Waals surface area contributed by atoms with Crippen molar-refractivity contribution in [3.63, 3.8) is 0 Å². The van der Waals surface area contributed by atoms with Crippen LogP contribution in [-0.4, -0.2) is 20.4 Å². The van der Waals surface area contributed by atoms with E-state index in [4.69, 9.17) is 0 Å². The van der Waals surface area contributed by atoms with Crippen molar-refractivity contribution in [2.24, 2.45) is 0 Å². The van der Waals surface area contributed by atoms with E-state index in [-0.39, 0.29) is 0 Å². The second-order valence-corrected chi connectivity index (χ2v) is 8.19. The molecule has 1 heterocycles. The van der Waals surface area contributed by atoms with Crippen molar-refractivity contribution in [2.75, 3.05) is 11.8 Å². The smallest absolute Gasteiger partial charge is 0.261 e. The van der Waals surface area contributed by atoms with Crippen LogP contribution in [0, 0.1) is 0 Å². The number of benzene rings is 2. The van der Waals surface area contributed by atoms with Gasteiger partial charge in [-0.2, -0.15) is 0 Å². The minimum absolute atomic E-state index is 0.326. The maximum atomic E-state index is 12.6. The van der Waals surface area contributed by atoms with Gasteiger partial charge in [-0.25, -0.2) is 8.42 Å². The molecule has 4 nitrogen and oxygen atoms in total. The Labute approximate surface area is 144 Å². The first-order chi connectivity index (χ1) is 11.5. The van der Waals surface area contributed by atoms with Gasteiger partial charge in [-0.15, -0.1) is 0 Å². The topological polar surface area (TPSA) is 49.4 Å². The zero-order chi connectivity index (χ0) is 17.2. The average molecular weight is 344 g/mol. The Morgan fingerprint density at radius 1 is 1.04 bits per heavy atom. The molecular formula is C19H24N2O2S. The highest BCUT2D eigenvalue weighted by atomic mass is 32.2. The summed E-state index contributed by atoms with van der Waals surface area (Å²) in [6.45, 7) is 3.84. The third-order valence-electron chi connectivity index (χ3n) is 4.39. The maximum absolute atomic E-state index is 12.6. The van der Waals surface area contributed by atoms with Gasteiger partial charge in [-0.3, -0.25) is 9.62 Å². The Morgan fingerprint density at radius 3 is 2.46 bits per heavy atom. The first-order valence-corrected chi connectivity index (χ1v) is 9.88. The Kier molecular flexibility index (Phi) is 4.92. The van der Waals surface area contributed by atoms with Crippen molar-refractivity contribution >= 4 is 15.7 Å². The van der Waals surface area contributed by atoms with Gasteiger partial charge in [-0.05, 0) is 60.8 Å². The molecule has 0 radical (unpaired) electrons. The molecule has 0 spiro atoms. The largest absolute Gasteiger partial charge is 0.298 e. The number of hydrogen-bond acceptors (Lipinski definition) is 3. The molecule has 3 rings (SSSR count). The van der Waals surface area contributed by atoms with Crippen molar-refractivity contribution in [1.29, 1.82) is 0 Å². The van der Waals surface area contributed by atoms with Crippen LogP contribution in [0.15, 0.2) is 47.4 Å². The van der Waals surface area contributed by atoms with Crippen LogP contribution in [0.2, 0.25) is 0 Å². The first-order valence-electron chi connectivity index (χ1n) is 8.40.